The minimum absolute atomic E-state index is 0.0247. The summed E-state index contributed by atoms with van der Waals surface area (Å²) in [5.41, 5.74) is 3.42. The number of aryl methyl sites for hydroxylation is 2. The summed E-state index contributed by atoms with van der Waals surface area (Å²) in [6, 6.07) is 9.05. The molecule has 1 aromatic heterocycles. The average molecular weight is 316 g/mol. The van der Waals surface area contributed by atoms with Crippen LogP contribution in [0.5, 0.6) is 5.75 Å². The molecular weight excluding hydrogens is 300 g/mol. The lowest BCUT2D eigenvalue weighted by Gasteiger charge is -2.10. The van der Waals surface area contributed by atoms with E-state index in [4.69, 9.17) is 0 Å². The molecule has 3 rings (SSSR count). The molecule has 0 atom stereocenters. The molecule has 0 saturated heterocycles. The third-order valence-electron chi connectivity index (χ3n) is 3.63. The molecule has 0 amide bonds. The van der Waals surface area contributed by atoms with Gasteiger partial charge in [-0.3, -0.25) is 4.72 Å². The molecule has 22 heavy (non-hydrogen) atoms. The van der Waals surface area contributed by atoms with Gasteiger partial charge >= 0.3 is 0 Å². The normalized spacial score (nSPS) is 11.7. The zero-order valence-corrected chi connectivity index (χ0v) is 13.0. The van der Waals surface area contributed by atoms with Gasteiger partial charge in [0.25, 0.3) is 10.0 Å². The zero-order valence-electron chi connectivity index (χ0n) is 12.2. The molecule has 0 aliphatic heterocycles. The summed E-state index contributed by atoms with van der Waals surface area (Å²) in [6.07, 6.45) is 1.86. The maximum Gasteiger partial charge on any atom is 0.261 e. The van der Waals surface area contributed by atoms with Gasteiger partial charge in [0, 0.05) is 11.6 Å². The molecule has 0 fully saturated rings. The molecule has 0 unspecified atom stereocenters. The number of aromatic hydroxyl groups is 1. The van der Waals surface area contributed by atoms with E-state index in [9.17, 15) is 13.5 Å². The lowest BCUT2D eigenvalue weighted by molar-refractivity contribution is 0.475. The summed E-state index contributed by atoms with van der Waals surface area (Å²) < 4.78 is 27.5. The van der Waals surface area contributed by atoms with Gasteiger partial charge in [-0.1, -0.05) is 6.07 Å². The second-order valence-corrected chi connectivity index (χ2v) is 6.93. The van der Waals surface area contributed by atoms with Gasteiger partial charge in [0.1, 0.15) is 5.75 Å². The van der Waals surface area contributed by atoms with Crippen LogP contribution in [0.15, 0.2) is 47.5 Å². The number of nitrogens with one attached hydrogen (secondary N) is 2. The summed E-state index contributed by atoms with van der Waals surface area (Å²) in [7, 11) is -3.71. The second-order valence-electron chi connectivity index (χ2n) is 5.25. The van der Waals surface area contributed by atoms with Crippen LogP contribution in [0.25, 0.3) is 10.9 Å². The Kier molecular flexibility index (Phi) is 3.33. The van der Waals surface area contributed by atoms with E-state index in [1.807, 2.05) is 26.1 Å². The van der Waals surface area contributed by atoms with E-state index in [2.05, 4.69) is 9.71 Å². The minimum Gasteiger partial charge on any atom is -0.508 e. The van der Waals surface area contributed by atoms with Crippen molar-refractivity contribution in [1.82, 2.24) is 4.98 Å². The molecule has 0 aliphatic carbocycles. The van der Waals surface area contributed by atoms with Gasteiger partial charge in [0.15, 0.2) is 0 Å². The molecule has 6 heteroatoms. The number of hydrogen-bond donors (Lipinski definition) is 3. The quantitative estimate of drug-likeness (QED) is 0.693. The van der Waals surface area contributed by atoms with Gasteiger partial charge in [-0.25, -0.2) is 8.42 Å². The monoisotopic (exact) mass is 316 g/mol. The zero-order chi connectivity index (χ0) is 15.9. The van der Waals surface area contributed by atoms with E-state index in [0.29, 0.717) is 5.69 Å². The van der Waals surface area contributed by atoms with Crippen molar-refractivity contribution in [2.24, 2.45) is 0 Å². The van der Waals surface area contributed by atoms with Crippen molar-refractivity contribution >= 4 is 26.6 Å². The summed E-state index contributed by atoms with van der Waals surface area (Å²) in [5.74, 6) is 0.0247. The Hall–Kier alpha value is -2.47. The van der Waals surface area contributed by atoms with Crippen LogP contribution >= 0.6 is 0 Å². The van der Waals surface area contributed by atoms with Gasteiger partial charge < -0.3 is 10.1 Å². The van der Waals surface area contributed by atoms with Crippen molar-refractivity contribution in [1.29, 1.82) is 0 Å². The summed E-state index contributed by atoms with van der Waals surface area (Å²) >= 11 is 0. The maximum absolute atomic E-state index is 12.4. The molecule has 5 nitrogen and oxygen atoms in total. The largest absolute Gasteiger partial charge is 0.508 e. The fraction of sp³-hybridized carbons (Fsp3) is 0.125. The van der Waals surface area contributed by atoms with Gasteiger partial charge in [0.2, 0.25) is 0 Å². The lowest BCUT2D eigenvalue weighted by Crippen LogP contribution is -2.13. The number of H-pyrrole nitrogens is 1. The van der Waals surface area contributed by atoms with E-state index in [1.54, 1.807) is 6.07 Å². The number of phenolic OH excluding ortho intramolecular Hbond substituents is 1. The molecule has 3 aromatic rings. The number of benzene rings is 2. The van der Waals surface area contributed by atoms with Crippen molar-refractivity contribution < 1.29 is 13.5 Å². The van der Waals surface area contributed by atoms with Crippen LogP contribution in [-0.4, -0.2) is 18.5 Å². The maximum atomic E-state index is 12.4. The Morgan fingerprint density at radius 2 is 1.68 bits per heavy atom. The van der Waals surface area contributed by atoms with E-state index in [-0.39, 0.29) is 10.6 Å². The Morgan fingerprint density at radius 1 is 1.00 bits per heavy atom. The summed E-state index contributed by atoms with van der Waals surface area (Å²) in [6.45, 7) is 3.96. The number of aromatic amines is 1. The van der Waals surface area contributed by atoms with E-state index in [1.165, 1.54) is 24.3 Å². The Morgan fingerprint density at radius 3 is 2.36 bits per heavy atom. The smallest absolute Gasteiger partial charge is 0.261 e. The highest BCUT2D eigenvalue weighted by molar-refractivity contribution is 7.92. The van der Waals surface area contributed by atoms with Gasteiger partial charge in [-0.2, -0.15) is 0 Å². The molecule has 1 heterocycles. The minimum atomic E-state index is -3.71. The lowest BCUT2D eigenvalue weighted by atomic mass is 10.1. The molecule has 0 aliphatic rings. The Balaban J connectivity index is 2.06. The Bertz CT molecular complexity index is 941. The fourth-order valence-corrected chi connectivity index (χ4v) is 3.60. The second kappa shape index (κ2) is 5.06. The first-order valence-electron chi connectivity index (χ1n) is 6.77. The Labute approximate surface area is 128 Å². The topological polar surface area (TPSA) is 82.2 Å². The van der Waals surface area contributed by atoms with Gasteiger partial charge in [0.05, 0.1) is 16.1 Å². The molecule has 0 saturated carbocycles. The molecular formula is C16H16N2O3S. The van der Waals surface area contributed by atoms with Crippen LogP contribution in [0.3, 0.4) is 0 Å². The van der Waals surface area contributed by atoms with Crippen LogP contribution in [0.1, 0.15) is 11.1 Å². The SMILES string of the molecule is Cc1ccc(NS(=O)(=O)c2ccc(O)cc2)c2[nH]cc(C)c12. The summed E-state index contributed by atoms with van der Waals surface area (Å²) in [5, 5.41) is 10.3. The summed E-state index contributed by atoms with van der Waals surface area (Å²) in [4.78, 5) is 3.21. The standard InChI is InChI=1S/C16H16N2O3S/c1-10-3-8-14(16-15(10)11(2)9-17-16)18-22(20,21)13-6-4-12(19)5-7-13/h3-9,17-19H,1-2H3. The third kappa shape index (κ3) is 2.42. The number of anilines is 1. The number of phenols is 1. The predicted molar refractivity (Wildman–Crippen MR) is 86.7 cm³/mol. The number of sulfonamides is 1. The first kappa shape index (κ1) is 14.5. The van der Waals surface area contributed by atoms with E-state index < -0.39 is 10.0 Å². The molecule has 2 aromatic carbocycles. The van der Waals surface area contributed by atoms with Crippen LogP contribution in [-0.2, 0) is 10.0 Å². The van der Waals surface area contributed by atoms with Gasteiger partial charge in [-0.05, 0) is 55.3 Å². The van der Waals surface area contributed by atoms with Crippen molar-refractivity contribution in [2.75, 3.05) is 4.72 Å². The average Bonchev–Trinajstić information content (AvgIpc) is 2.86. The van der Waals surface area contributed by atoms with Crippen LogP contribution in [0, 0.1) is 13.8 Å². The third-order valence-corrected chi connectivity index (χ3v) is 5.01. The highest BCUT2D eigenvalue weighted by atomic mass is 32.2. The first-order valence-corrected chi connectivity index (χ1v) is 8.26. The number of hydrogen-bond acceptors (Lipinski definition) is 3. The molecule has 3 N–H and O–H groups in total. The number of fused-ring (bicyclic) bond motifs is 1. The van der Waals surface area contributed by atoms with E-state index >= 15 is 0 Å². The molecule has 0 spiro atoms. The number of aromatic nitrogens is 1. The number of rotatable bonds is 3. The fourth-order valence-electron chi connectivity index (χ4n) is 2.53. The molecule has 0 radical (unpaired) electrons. The van der Waals surface area contributed by atoms with Crippen LogP contribution < -0.4 is 4.72 Å². The highest BCUT2D eigenvalue weighted by Crippen LogP contribution is 2.29. The van der Waals surface area contributed by atoms with Gasteiger partial charge in [-0.15, -0.1) is 0 Å². The van der Waals surface area contributed by atoms with E-state index in [0.717, 1.165) is 22.0 Å². The molecule has 114 valence electrons. The van der Waals surface area contributed by atoms with Crippen molar-refractivity contribution in [3.8, 4) is 5.75 Å². The van der Waals surface area contributed by atoms with Crippen LogP contribution in [0.2, 0.25) is 0 Å². The first-order chi connectivity index (χ1) is 10.4. The van der Waals surface area contributed by atoms with Crippen molar-refractivity contribution in [3.05, 3.63) is 53.7 Å². The van der Waals surface area contributed by atoms with Crippen molar-refractivity contribution in [3.63, 3.8) is 0 Å². The molecule has 0 bridgehead atoms. The predicted octanol–water partition coefficient (Wildman–Crippen LogP) is 3.29. The van der Waals surface area contributed by atoms with Crippen LogP contribution in [0.4, 0.5) is 5.69 Å². The highest BCUT2D eigenvalue weighted by Gasteiger charge is 2.17. The van der Waals surface area contributed by atoms with Crippen molar-refractivity contribution in [2.45, 2.75) is 18.7 Å².